The van der Waals surface area contributed by atoms with Crippen molar-refractivity contribution in [1.29, 1.82) is 0 Å². The van der Waals surface area contributed by atoms with E-state index in [1.54, 1.807) is 0 Å². The average Bonchev–Trinajstić information content (AvgIpc) is 2.57. The first-order chi connectivity index (χ1) is 10.8. The van der Waals surface area contributed by atoms with Crippen LogP contribution in [0.4, 0.5) is 0 Å². The molecule has 2 aliphatic heterocycles. The van der Waals surface area contributed by atoms with E-state index in [2.05, 4.69) is 45.7 Å². The second-order valence-corrected chi connectivity index (χ2v) is 6.18. The molecule has 1 fully saturated rings. The SMILES string of the molecule is CC1CCN(C2C=C[C]=C(NCCc3ccccn3)N2)CC1. The Kier molecular flexibility index (Phi) is 5.11. The van der Waals surface area contributed by atoms with E-state index in [4.69, 9.17) is 0 Å². The lowest BCUT2D eigenvalue weighted by Crippen LogP contribution is -2.50. The fourth-order valence-corrected chi connectivity index (χ4v) is 2.94. The van der Waals surface area contributed by atoms with Gasteiger partial charge in [-0.1, -0.05) is 19.1 Å². The number of hydrogen-bond acceptors (Lipinski definition) is 4. The van der Waals surface area contributed by atoms with E-state index in [1.165, 1.54) is 25.9 Å². The molecule has 117 valence electrons. The van der Waals surface area contributed by atoms with Crippen LogP contribution in [0.3, 0.4) is 0 Å². The van der Waals surface area contributed by atoms with E-state index < -0.39 is 0 Å². The van der Waals surface area contributed by atoms with Crippen molar-refractivity contribution in [2.45, 2.75) is 32.4 Å². The number of allylic oxidation sites excluding steroid dienone is 2. The molecule has 0 amide bonds. The van der Waals surface area contributed by atoms with Gasteiger partial charge in [-0.25, -0.2) is 0 Å². The summed E-state index contributed by atoms with van der Waals surface area (Å²) < 4.78 is 0. The highest BCUT2D eigenvalue weighted by atomic mass is 15.3. The largest absolute Gasteiger partial charge is 0.371 e. The van der Waals surface area contributed by atoms with Crippen molar-refractivity contribution in [2.24, 2.45) is 5.92 Å². The fraction of sp³-hybridized carbons (Fsp3) is 0.500. The predicted octanol–water partition coefficient (Wildman–Crippen LogP) is 2.08. The average molecular weight is 297 g/mol. The number of pyridine rings is 1. The molecule has 0 aromatic carbocycles. The molecule has 1 aromatic heterocycles. The lowest BCUT2D eigenvalue weighted by atomic mass is 9.98. The zero-order chi connectivity index (χ0) is 15.2. The van der Waals surface area contributed by atoms with Gasteiger partial charge in [0.2, 0.25) is 0 Å². The zero-order valence-electron chi connectivity index (χ0n) is 13.3. The molecule has 4 heteroatoms. The molecular weight excluding hydrogens is 272 g/mol. The number of aromatic nitrogens is 1. The van der Waals surface area contributed by atoms with E-state index in [-0.39, 0.29) is 0 Å². The minimum Gasteiger partial charge on any atom is -0.371 e. The summed E-state index contributed by atoms with van der Waals surface area (Å²) in [5.41, 5.74) is 1.11. The molecule has 0 bridgehead atoms. The van der Waals surface area contributed by atoms with E-state index >= 15 is 0 Å². The third kappa shape index (κ3) is 4.10. The zero-order valence-corrected chi connectivity index (χ0v) is 13.3. The topological polar surface area (TPSA) is 40.2 Å². The summed E-state index contributed by atoms with van der Waals surface area (Å²) in [6, 6.07) is 6.04. The van der Waals surface area contributed by atoms with Crippen molar-refractivity contribution in [3.8, 4) is 0 Å². The van der Waals surface area contributed by atoms with E-state index in [9.17, 15) is 0 Å². The van der Waals surface area contributed by atoms with Crippen molar-refractivity contribution in [2.75, 3.05) is 19.6 Å². The molecule has 3 rings (SSSR count). The second-order valence-electron chi connectivity index (χ2n) is 6.18. The number of rotatable bonds is 5. The molecule has 0 aliphatic carbocycles. The van der Waals surface area contributed by atoms with E-state index in [1.807, 2.05) is 24.4 Å². The molecule has 1 atom stereocenters. The van der Waals surface area contributed by atoms with Gasteiger partial charge in [0, 0.05) is 44.0 Å². The molecule has 1 radical (unpaired) electrons. The van der Waals surface area contributed by atoms with Crippen LogP contribution in [-0.2, 0) is 6.42 Å². The lowest BCUT2D eigenvalue weighted by molar-refractivity contribution is 0.145. The molecule has 2 N–H and O–H groups in total. The minimum atomic E-state index is 0.297. The van der Waals surface area contributed by atoms with Gasteiger partial charge in [0.25, 0.3) is 0 Å². The maximum atomic E-state index is 4.34. The van der Waals surface area contributed by atoms with Gasteiger partial charge in [-0.05, 0) is 37.0 Å². The number of likely N-dealkylation sites (tertiary alicyclic amines) is 1. The summed E-state index contributed by atoms with van der Waals surface area (Å²) in [4.78, 5) is 6.86. The Morgan fingerprint density at radius 1 is 1.36 bits per heavy atom. The Balaban J connectivity index is 1.45. The van der Waals surface area contributed by atoms with Crippen molar-refractivity contribution in [3.63, 3.8) is 0 Å². The Bertz CT molecular complexity index is 515. The molecule has 0 spiro atoms. The van der Waals surface area contributed by atoms with Crippen LogP contribution < -0.4 is 10.6 Å². The fourth-order valence-electron chi connectivity index (χ4n) is 2.94. The summed E-state index contributed by atoms with van der Waals surface area (Å²) in [7, 11) is 0. The van der Waals surface area contributed by atoms with Crippen molar-refractivity contribution >= 4 is 0 Å². The molecule has 4 nitrogen and oxygen atoms in total. The first-order valence-electron chi connectivity index (χ1n) is 8.26. The summed E-state index contributed by atoms with van der Waals surface area (Å²) >= 11 is 0. The number of nitrogens with one attached hydrogen (secondary N) is 2. The van der Waals surface area contributed by atoms with Gasteiger partial charge >= 0.3 is 0 Å². The van der Waals surface area contributed by atoms with Gasteiger partial charge < -0.3 is 10.6 Å². The normalized spacial score (nSPS) is 23.0. The minimum absolute atomic E-state index is 0.297. The number of hydrogen-bond donors (Lipinski definition) is 2. The van der Waals surface area contributed by atoms with Crippen LogP contribution in [-0.4, -0.2) is 35.7 Å². The van der Waals surface area contributed by atoms with Crippen molar-refractivity contribution in [3.05, 3.63) is 54.1 Å². The van der Waals surface area contributed by atoms with Crippen LogP contribution >= 0.6 is 0 Å². The van der Waals surface area contributed by atoms with Gasteiger partial charge in [0.05, 0.1) is 0 Å². The molecule has 22 heavy (non-hydrogen) atoms. The smallest absolute Gasteiger partial charge is 0.108 e. The second kappa shape index (κ2) is 7.45. The lowest BCUT2D eigenvalue weighted by Gasteiger charge is -2.37. The Morgan fingerprint density at radius 2 is 2.23 bits per heavy atom. The Hall–Kier alpha value is -1.81. The van der Waals surface area contributed by atoms with Gasteiger partial charge in [-0.2, -0.15) is 0 Å². The van der Waals surface area contributed by atoms with Gasteiger partial charge in [0.15, 0.2) is 0 Å². The summed E-state index contributed by atoms with van der Waals surface area (Å²) in [6.07, 6.45) is 13.1. The summed E-state index contributed by atoms with van der Waals surface area (Å²) in [5, 5.41) is 6.96. The molecule has 1 saturated heterocycles. The molecule has 1 aromatic rings. The molecular formula is C18H25N4. The third-order valence-corrected chi connectivity index (χ3v) is 4.42. The molecule has 1 unspecified atom stereocenters. The standard InChI is InChI=1S/C18H25N4/c1-15-9-13-22(14-10-15)18-7-4-6-17(21-18)20-12-8-16-5-2-3-11-19-16/h2-5,7,11,15,18,20-21H,8-10,12-14H2,1H3. The van der Waals surface area contributed by atoms with Crippen molar-refractivity contribution in [1.82, 2.24) is 20.5 Å². The highest BCUT2D eigenvalue weighted by molar-refractivity contribution is 5.14. The van der Waals surface area contributed by atoms with Crippen molar-refractivity contribution < 1.29 is 0 Å². The quantitative estimate of drug-likeness (QED) is 0.873. The molecule has 3 heterocycles. The summed E-state index contributed by atoms with van der Waals surface area (Å²) in [6.45, 7) is 5.55. The van der Waals surface area contributed by atoms with Gasteiger partial charge in [0.1, 0.15) is 12.0 Å². The number of nitrogens with zero attached hydrogens (tertiary/aromatic N) is 2. The third-order valence-electron chi connectivity index (χ3n) is 4.42. The first-order valence-corrected chi connectivity index (χ1v) is 8.26. The molecule has 2 aliphatic rings. The summed E-state index contributed by atoms with van der Waals surface area (Å²) in [5.74, 6) is 1.85. The van der Waals surface area contributed by atoms with E-state index in [0.717, 1.165) is 30.4 Å². The van der Waals surface area contributed by atoms with Crippen LogP contribution in [0.15, 0.2) is 42.4 Å². The Labute approximate surface area is 133 Å². The van der Waals surface area contributed by atoms with Crippen LogP contribution in [0.1, 0.15) is 25.5 Å². The van der Waals surface area contributed by atoms with Crippen LogP contribution in [0.5, 0.6) is 0 Å². The Morgan fingerprint density at radius 3 is 3.00 bits per heavy atom. The maximum absolute atomic E-state index is 4.34. The number of dihydropyridines is 1. The first kappa shape index (κ1) is 15.1. The van der Waals surface area contributed by atoms with Gasteiger partial charge in [-0.15, -0.1) is 0 Å². The van der Waals surface area contributed by atoms with Crippen LogP contribution in [0.25, 0.3) is 0 Å². The van der Waals surface area contributed by atoms with Gasteiger partial charge in [-0.3, -0.25) is 9.88 Å². The molecule has 0 saturated carbocycles. The maximum Gasteiger partial charge on any atom is 0.108 e. The predicted molar refractivity (Wildman–Crippen MR) is 88.7 cm³/mol. The highest BCUT2D eigenvalue weighted by Crippen LogP contribution is 2.18. The monoisotopic (exact) mass is 297 g/mol. The number of piperidine rings is 1. The van der Waals surface area contributed by atoms with Crippen LogP contribution in [0, 0.1) is 12.0 Å². The highest BCUT2D eigenvalue weighted by Gasteiger charge is 2.22. The van der Waals surface area contributed by atoms with E-state index in [0.29, 0.717) is 6.17 Å². The van der Waals surface area contributed by atoms with Crippen LogP contribution in [0.2, 0.25) is 0 Å².